The van der Waals surface area contributed by atoms with Gasteiger partial charge >= 0.3 is 5.97 Å². The van der Waals surface area contributed by atoms with E-state index in [2.05, 4.69) is 31.3 Å². The highest BCUT2D eigenvalue weighted by Crippen LogP contribution is 2.18. The van der Waals surface area contributed by atoms with E-state index in [-0.39, 0.29) is 18.5 Å². The second-order valence-electron chi connectivity index (χ2n) is 21.4. The summed E-state index contributed by atoms with van der Waals surface area (Å²) in [5.74, 6) is -0.0226. The lowest BCUT2D eigenvalue weighted by Gasteiger charge is -2.22. The van der Waals surface area contributed by atoms with Gasteiger partial charge in [0.05, 0.1) is 25.4 Å². The van der Waals surface area contributed by atoms with Crippen molar-refractivity contribution in [3.8, 4) is 0 Å². The van der Waals surface area contributed by atoms with Gasteiger partial charge in [0.2, 0.25) is 5.91 Å². The van der Waals surface area contributed by atoms with Crippen LogP contribution in [0.25, 0.3) is 0 Å². The molecule has 0 saturated carbocycles. The molecular weight excluding hydrogens is 839 g/mol. The first-order chi connectivity index (χ1) is 33.5. The van der Waals surface area contributed by atoms with Crippen LogP contribution >= 0.6 is 0 Å². The number of carbonyl (C=O) groups is 2. The van der Waals surface area contributed by atoms with Crippen LogP contribution in [0.1, 0.15) is 348 Å². The fraction of sp³-hybridized carbons (Fsp3) is 0.935. The highest BCUT2D eigenvalue weighted by Gasteiger charge is 2.20. The Hall–Kier alpha value is -1.40. The molecule has 0 saturated heterocycles. The van der Waals surface area contributed by atoms with Crippen molar-refractivity contribution in [2.24, 2.45) is 0 Å². The maximum atomic E-state index is 12.4. The summed E-state index contributed by atoms with van der Waals surface area (Å²) in [5, 5.41) is 23.2. The van der Waals surface area contributed by atoms with Crippen LogP contribution < -0.4 is 5.32 Å². The zero-order valence-electron chi connectivity index (χ0n) is 46.1. The number of unbranched alkanes of at least 4 members (excludes halogenated alkanes) is 45. The lowest BCUT2D eigenvalue weighted by molar-refractivity contribution is -0.143. The van der Waals surface area contributed by atoms with Gasteiger partial charge in [0.15, 0.2) is 0 Å². The van der Waals surface area contributed by atoms with E-state index in [4.69, 9.17) is 4.74 Å². The number of aliphatic hydroxyl groups excluding tert-OH is 2. The van der Waals surface area contributed by atoms with E-state index in [9.17, 15) is 19.8 Å². The van der Waals surface area contributed by atoms with E-state index in [1.807, 2.05) is 0 Å². The number of aliphatic hydroxyl groups is 2. The van der Waals surface area contributed by atoms with Crippen molar-refractivity contribution in [2.45, 2.75) is 360 Å². The second kappa shape index (κ2) is 58.2. The van der Waals surface area contributed by atoms with Gasteiger partial charge in [-0.2, -0.15) is 0 Å². The monoisotopic (exact) mass is 960 g/mol. The number of carbonyl (C=O) groups excluding carboxylic acids is 2. The molecule has 0 aliphatic rings. The fourth-order valence-electron chi connectivity index (χ4n) is 9.81. The Bertz CT molecular complexity index is 1020. The molecule has 404 valence electrons. The molecule has 0 rings (SSSR count). The van der Waals surface area contributed by atoms with Crippen LogP contribution in [0.2, 0.25) is 0 Å². The third-order valence-corrected chi connectivity index (χ3v) is 14.6. The van der Waals surface area contributed by atoms with E-state index in [0.717, 1.165) is 44.9 Å². The van der Waals surface area contributed by atoms with Gasteiger partial charge in [0.1, 0.15) is 0 Å². The molecule has 1 amide bonds. The molecule has 68 heavy (non-hydrogen) atoms. The van der Waals surface area contributed by atoms with Gasteiger partial charge in [-0.25, -0.2) is 0 Å². The number of nitrogens with one attached hydrogen (secondary N) is 1. The molecule has 0 aromatic carbocycles. The number of esters is 1. The molecule has 0 aliphatic heterocycles. The van der Waals surface area contributed by atoms with Gasteiger partial charge in [-0.1, -0.05) is 296 Å². The van der Waals surface area contributed by atoms with Crippen molar-refractivity contribution in [2.75, 3.05) is 13.2 Å². The molecule has 2 unspecified atom stereocenters. The average Bonchev–Trinajstić information content (AvgIpc) is 3.34. The molecule has 6 nitrogen and oxygen atoms in total. The summed E-state index contributed by atoms with van der Waals surface area (Å²) in [5.41, 5.74) is 0. The van der Waals surface area contributed by atoms with Crippen LogP contribution in [0.15, 0.2) is 12.2 Å². The standard InChI is InChI=1S/C62H121NO5/c1-3-5-7-9-11-13-15-31-36-40-44-48-52-56-62(67)68-57-53-49-45-41-37-33-30-28-26-24-22-20-18-16-17-19-21-23-25-27-29-32-35-39-43-47-51-55-61(66)63-59(58-64)60(65)54-50-46-42-38-34-14-12-10-8-6-4-2/h13,15,59-60,64-65H,3-12,14,16-58H2,1-2H3,(H,63,66)/b15-13-. The molecule has 0 aliphatic carbocycles. The normalized spacial score (nSPS) is 12.6. The van der Waals surface area contributed by atoms with Crippen molar-refractivity contribution in [1.82, 2.24) is 5.32 Å². The van der Waals surface area contributed by atoms with Crippen molar-refractivity contribution in [3.63, 3.8) is 0 Å². The van der Waals surface area contributed by atoms with E-state index in [1.165, 1.54) is 270 Å². The summed E-state index contributed by atoms with van der Waals surface area (Å²) in [6.07, 6.45) is 69.5. The van der Waals surface area contributed by atoms with E-state index in [1.54, 1.807) is 0 Å². The summed E-state index contributed by atoms with van der Waals surface area (Å²) < 4.78 is 5.48. The first kappa shape index (κ1) is 66.6. The fourth-order valence-corrected chi connectivity index (χ4v) is 9.81. The lowest BCUT2D eigenvalue weighted by Crippen LogP contribution is -2.45. The summed E-state index contributed by atoms with van der Waals surface area (Å²) in [7, 11) is 0. The third-order valence-electron chi connectivity index (χ3n) is 14.6. The molecule has 6 heteroatoms. The Morgan fingerprint density at radius 1 is 0.397 bits per heavy atom. The maximum Gasteiger partial charge on any atom is 0.305 e. The van der Waals surface area contributed by atoms with Crippen molar-refractivity contribution < 1.29 is 24.5 Å². The Balaban J connectivity index is 3.32. The molecule has 2 atom stereocenters. The average molecular weight is 961 g/mol. The molecule has 0 aromatic rings. The van der Waals surface area contributed by atoms with Crippen LogP contribution in [0, 0.1) is 0 Å². The predicted molar refractivity (Wildman–Crippen MR) is 297 cm³/mol. The molecule has 0 bridgehead atoms. The van der Waals surface area contributed by atoms with Crippen LogP contribution in [0.4, 0.5) is 0 Å². The second-order valence-corrected chi connectivity index (χ2v) is 21.4. The summed E-state index contributed by atoms with van der Waals surface area (Å²) >= 11 is 0. The topological polar surface area (TPSA) is 95.9 Å². The third kappa shape index (κ3) is 53.9. The van der Waals surface area contributed by atoms with Gasteiger partial charge in [0.25, 0.3) is 0 Å². The lowest BCUT2D eigenvalue weighted by atomic mass is 10.0. The molecule has 0 heterocycles. The summed E-state index contributed by atoms with van der Waals surface area (Å²) in [6.45, 7) is 4.95. The number of hydrogen-bond acceptors (Lipinski definition) is 5. The summed E-state index contributed by atoms with van der Waals surface area (Å²) in [6, 6.07) is -0.537. The Labute approximate surface area is 425 Å². The van der Waals surface area contributed by atoms with Crippen molar-refractivity contribution >= 4 is 11.9 Å². The van der Waals surface area contributed by atoms with Crippen LogP contribution in [-0.2, 0) is 14.3 Å². The smallest absolute Gasteiger partial charge is 0.305 e. The zero-order valence-corrected chi connectivity index (χ0v) is 46.1. The van der Waals surface area contributed by atoms with E-state index < -0.39 is 12.1 Å². The van der Waals surface area contributed by atoms with Gasteiger partial charge in [-0.15, -0.1) is 0 Å². The molecule has 0 spiro atoms. The Morgan fingerprint density at radius 3 is 1.06 bits per heavy atom. The first-order valence-corrected chi connectivity index (χ1v) is 30.9. The molecule has 0 fully saturated rings. The maximum absolute atomic E-state index is 12.4. The first-order valence-electron chi connectivity index (χ1n) is 30.9. The van der Waals surface area contributed by atoms with E-state index in [0.29, 0.717) is 25.9 Å². The van der Waals surface area contributed by atoms with Crippen molar-refractivity contribution in [3.05, 3.63) is 12.2 Å². The van der Waals surface area contributed by atoms with E-state index >= 15 is 0 Å². The Morgan fingerprint density at radius 2 is 0.691 bits per heavy atom. The highest BCUT2D eigenvalue weighted by molar-refractivity contribution is 5.76. The van der Waals surface area contributed by atoms with Gasteiger partial charge in [-0.3, -0.25) is 9.59 Å². The Kier molecular flexibility index (Phi) is 57.0. The minimum absolute atomic E-state index is 0.00918. The van der Waals surface area contributed by atoms with Crippen molar-refractivity contribution in [1.29, 1.82) is 0 Å². The molecule has 0 radical (unpaired) electrons. The van der Waals surface area contributed by atoms with Gasteiger partial charge < -0.3 is 20.3 Å². The summed E-state index contributed by atoms with van der Waals surface area (Å²) in [4.78, 5) is 24.5. The number of hydrogen-bond donors (Lipinski definition) is 3. The van der Waals surface area contributed by atoms with Crippen LogP contribution in [0.3, 0.4) is 0 Å². The highest BCUT2D eigenvalue weighted by atomic mass is 16.5. The molecular formula is C62H121NO5. The van der Waals surface area contributed by atoms with Gasteiger partial charge in [0, 0.05) is 12.8 Å². The predicted octanol–water partition coefficient (Wildman–Crippen LogP) is 19.2. The number of rotatable bonds is 58. The number of ether oxygens (including phenoxy) is 1. The van der Waals surface area contributed by atoms with Gasteiger partial charge in [-0.05, 0) is 51.4 Å². The molecule has 0 aromatic heterocycles. The SMILES string of the molecule is CCCCCC/C=C\CCCCCCCC(=O)OCCCCCCCCCCCCCCCCCCCCCCCCCCCCCC(=O)NC(CO)C(O)CCCCCCCCCCCCC. The number of allylic oxidation sites excluding steroid dienone is 2. The minimum Gasteiger partial charge on any atom is -0.466 e. The largest absolute Gasteiger partial charge is 0.466 e. The zero-order chi connectivity index (χ0) is 49.3. The number of amides is 1. The van der Waals surface area contributed by atoms with Crippen LogP contribution in [0.5, 0.6) is 0 Å². The molecule has 3 N–H and O–H groups in total. The van der Waals surface area contributed by atoms with Crippen LogP contribution in [-0.4, -0.2) is 47.4 Å². The minimum atomic E-state index is -0.660. The quantitative estimate of drug-likeness (QED) is 0.0321.